The first-order valence-electron chi connectivity index (χ1n) is 6.83. The van der Waals surface area contributed by atoms with Gasteiger partial charge in [-0.05, 0) is 42.9 Å². The minimum atomic E-state index is -0.575. The van der Waals surface area contributed by atoms with Gasteiger partial charge >= 0.3 is 5.97 Å². The van der Waals surface area contributed by atoms with E-state index >= 15 is 0 Å². The Balaban J connectivity index is 1.99. The molecule has 0 aromatic heterocycles. The molecule has 0 radical (unpaired) electrons. The maximum absolute atomic E-state index is 11.4. The number of carbonyl (C=O) groups is 1. The van der Waals surface area contributed by atoms with Gasteiger partial charge in [0.05, 0.1) is 6.10 Å². The summed E-state index contributed by atoms with van der Waals surface area (Å²) in [6.45, 7) is 5.86. The van der Waals surface area contributed by atoms with E-state index in [0.717, 1.165) is 12.8 Å². The van der Waals surface area contributed by atoms with E-state index in [1.54, 1.807) is 0 Å². The molecule has 0 amide bonds. The predicted octanol–water partition coefficient (Wildman–Crippen LogP) is 1.98. The smallest absolute Gasteiger partial charge is 0.303 e. The van der Waals surface area contributed by atoms with E-state index < -0.39 is 11.7 Å². The van der Waals surface area contributed by atoms with Gasteiger partial charge in [0, 0.05) is 12.8 Å². The molecule has 4 fully saturated rings. The first-order valence-corrected chi connectivity index (χ1v) is 6.83. The van der Waals surface area contributed by atoms with Gasteiger partial charge in [0.2, 0.25) is 0 Å². The highest BCUT2D eigenvalue weighted by Gasteiger charge is 2.64. The molecular weight excluding hydrogens is 216 g/mol. The van der Waals surface area contributed by atoms with Gasteiger partial charge in [-0.1, -0.05) is 13.8 Å². The molecule has 0 spiro atoms. The van der Waals surface area contributed by atoms with Crippen molar-refractivity contribution in [1.29, 1.82) is 0 Å². The van der Waals surface area contributed by atoms with Crippen molar-refractivity contribution in [1.82, 2.24) is 0 Å². The van der Waals surface area contributed by atoms with Crippen molar-refractivity contribution in [3.8, 4) is 0 Å². The Bertz CT molecular complexity index is 353. The molecule has 1 N–H and O–H groups in total. The van der Waals surface area contributed by atoms with E-state index in [-0.39, 0.29) is 5.97 Å². The highest BCUT2D eigenvalue weighted by Crippen LogP contribution is 2.61. The van der Waals surface area contributed by atoms with Gasteiger partial charge in [-0.15, -0.1) is 0 Å². The number of rotatable bonds is 1. The van der Waals surface area contributed by atoms with Crippen LogP contribution in [0.3, 0.4) is 0 Å². The molecule has 4 aliphatic rings. The molecule has 4 bridgehead atoms. The van der Waals surface area contributed by atoms with Crippen LogP contribution in [0.4, 0.5) is 0 Å². The molecule has 7 unspecified atom stereocenters. The van der Waals surface area contributed by atoms with Gasteiger partial charge in [-0.25, -0.2) is 0 Å². The lowest BCUT2D eigenvalue weighted by Crippen LogP contribution is -2.68. The molecule has 0 aromatic carbocycles. The largest absolute Gasteiger partial charge is 0.456 e. The molecule has 0 saturated heterocycles. The lowest BCUT2D eigenvalue weighted by Gasteiger charge is -2.64. The van der Waals surface area contributed by atoms with Crippen LogP contribution >= 0.6 is 0 Å². The molecular formula is C14H22O3. The first kappa shape index (κ1) is 11.5. The number of carbonyl (C=O) groups excluding carboxylic acids is 1. The SMILES string of the molecule is CC(=O)OC12CC3CC(CC(C3C)C1O)C2C. The third kappa shape index (κ3) is 1.35. The van der Waals surface area contributed by atoms with Gasteiger partial charge in [-0.3, -0.25) is 4.79 Å². The van der Waals surface area contributed by atoms with Crippen LogP contribution in [0.5, 0.6) is 0 Å². The summed E-state index contributed by atoms with van der Waals surface area (Å²) in [7, 11) is 0. The van der Waals surface area contributed by atoms with Crippen molar-refractivity contribution in [2.45, 2.75) is 51.7 Å². The molecule has 7 atom stereocenters. The van der Waals surface area contributed by atoms with E-state index in [2.05, 4.69) is 13.8 Å². The lowest BCUT2D eigenvalue weighted by atomic mass is 9.45. The fourth-order valence-electron chi connectivity index (χ4n) is 4.92. The van der Waals surface area contributed by atoms with Crippen LogP contribution in [0.25, 0.3) is 0 Å². The second kappa shape index (κ2) is 3.47. The fraction of sp³-hybridized carbons (Fsp3) is 0.929. The number of hydrogen-bond acceptors (Lipinski definition) is 3. The summed E-state index contributed by atoms with van der Waals surface area (Å²) < 4.78 is 5.63. The Hall–Kier alpha value is -0.570. The molecule has 17 heavy (non-hydrogen) atoms. The second-order valence-electron chi connectivity index (χ2n) is 6.50. The van der Waals surface area contributed by atoms with E-state index in [1.807, 2.05) is 0 Å². The minimum Gasteiger partial charge on any atom is -0.456 e. The summed E-state index contributed by atoms with van der Waals surface area (Å²) in [6, 6.07) is 0. The van der Waals surface area contributed by atoms with Crippen molar-refractivity contribution in [3.05, 3.63) is 0 Å². The Kier molecular flexibility index (Phi) is 2.35. The molecule has 0 aromatic rings. The van der Waals surface area contributed by atoms with Gasteiger partial charge in [0.1, 0.15) is 5.60 Å². The van der Waals surface area contributed by atoms with Crippen LogP contribution < -0.4 is 0 Å². The van der Waals surface area contributed by atoms with E-state index in [9.17, 15) is 9.90 Å². The summed E-state index contributed by atoms with van der Waals surface area (Å²) >= 11 is 0. The minimum absolute atomic E-state index is 0.245. The maximum Gasteiger partial charge on any atom is 0.303 e. The molecule has 4 aliphatic carbocycles. The molecule has 3 nitrogen and oxygen atoms in total. The number of hydrogen-bond donors (Lipinski definition) is 1. The fourth-order valence-corrected chi connectivity index (χ4v) is 4.92. The zero-order valence-corrected chi connectivity index (χ0v) is 10.8. The Labute approximate surface area is 103 Å². The van der Waals surface area contributed by atoms with Crippen LogP contribution in [0.1, 0.15) is 40.0 Å². The van der Waals surface area contributed by atoms with Crippen LogP contribution in [0.15, 0.2) is 0 Å². The monoisotopic (exact) mass is 238 g/mol. The molecule has 0 aliphatic heterocycles. The summed E-state index contributed by atoms with van der Waals surface area (Å²) in [4.78, 5) is 11.4. The summed E-state index contributed by atoms with van der Waals surface area (Å²) in [5.41, 5.74) is -0.575. The number of ether oxygens (including phenoxy) is 1. The average Bonchev–Trinajstić information content (AvgIpc) is 2.24. The van der Waals surface area contributed by atoms with Crippen LogP contribution in [-0.4, -0.2) is 22.8 Å². The topological polar surface area (TPSA) is 46.5 Å². The Morgan fingerprint density at radius 2 is 2.00 bits per heavy atom. The molecule has 4 rings (SSSR count). The Morgan fingerprint density at radius 3 is 2.65 bits per heavy atom. The van der Waals surface area contributed by atoms with Gasteiger partial charge in [0.15, 0.2) is 0 Å². The van der Waals surface area contributed by atoms with Crippen molar-refractivity contribution in [2.24, 2.45) is 29.6 Å². The highest BCUT2D eigenvalue weighted by atomic mass is 16.6. The van der Waals surface area contributed by atoms with E-state index in [4.69, 9.17) is 4.74 Å². The molecule has 96 valence electrons. The quantitative estimate of drug-likeness (QED) is 0.711. The molecule has 4 saturated carbocycles. The zero-order chi connectivity index (χ0) is 12.4. The van der Waals surface area contributed by atoms with Gasteiger partial charge in [0.25, 0.3) is 0 Å². The summed E-state index contributed by atoms with van der Waals surface area (Å²) in [6.07, 6.45) is 2.78. The first-order chi connectivity index (χ1) is 7.95. The van der Waals surface area contributed by atoms with Crippen molar-refractivity contribution in [2.75, 3.05) is 0 Å². The summed E-state index contributed by atoms with van der Waals surface area (Å²) in [5, 5.41) is 10.6. The number of aliphatic hydroxyl groups excluding tert-OH is 1. The van der Waals surface area contributed by atoms with Crippen LogP contribution in [0.2, 0.25) is 0 Å². The van der Waals surface area contributed by atoms with Crippen LogP contribution in [-0.2, 0) is 9.53 Å². The number of esters is 1. The van der Waals surface area contributed by atoms with Gasteiger partial charge < -0.3 is 9.84 Å². The van der Waals surface area contributed by atoms with Crippen molar-refractivity contribution < 1.29 is 14.6 Å². The normalized spacial score (nSPS) is 56.0. The third-order valence-corrected chi connectivity index (χ3v) is 5.90. The zero-order valence-electron chi connectivity index (χ0n) is 10.8. The van der Waals surface area contributed by atoms with Crippen molar-refractivity contribution in [3.63, 3.8) is 0 Å². The third-order valence-electron chi connectivity index (χ3n) is 5.90. The van der Waals surface area contributed by atoms with E-state index in [1.165, 1.54) is 13.3 Å². The summed E-state index contributed by atoms with van der Waals surface area (Å²) in [5.74, 6) is 2.25. The van der Waals surface area contributed by atoms with Gasteiger partial charge in [-0.2, -0.15) is 0 Å². The van der Waals surface area contributed by atoms with Crippen molar-refractivity contribution >= 4 is 5.97 Å². The molecule has 3 heteroatoms. The predicted molar refractivity (Wildman–Crippen MR) is 63.2 cm³/mol. The molecule has 0 heterocycles. The standard InChI is InChI=1S/C14H22O3/c1-7-11-4-10-5-12(7)13(16)14(6-11,8(10)2)17-9(3)15/h7-8,10-13,16H,4-6H2,1-3H3. The lowest BCUT2D eigenvalue weighted by molar-refractivity contribution is -0.263. The highest BCUT2D eigenvalue weighted by molar-refractivity contribution is 5.66. The van der Waals surface area contributed by atoms with E-state index in [0.29, 0.717) is 29.6 Å². The van der Waals surface area contributed by atoms with Crippen LogP contribution in [0, 0.1) is 29.6 Å². The number of aliphatic hydroxyl groups is 1. The average molecular weight is 238 g/mol. The maximum atomic E-state index is 11.4. The Morgan fingerprint density at radius 1 is 1.29 bits per heavy atom. The second-order valence-corrected chi connectivity index (χ2v) is 6.50.